The molecule has 2 N–H and O–H groups in total. The number of primary amides is 1. The zero-order valence-electron chi connectivity index (χ0n) is 13.5. The second kappa shape index (κ2) is 5.80. The molecule has 2 aromatic heterocycles. The Morgan fingerprint density at radius 3 is 2.61 bits per heavy atom. The first kappa shape index (κ1) is 15.2. The number of carbonyl (C=O) groups excluding carboxylic acids is 1. The third kappa shape index (κ3) is 2.80. The molecule has 0 saturated heterocycles. The van der Waals surface area contributed by atoms with E-state index in [0.29, 0.717) is 11.5 Å². The highest BCUT2D eigenvalue weighted by atomic mass is 16.1. The number of carbonyl (C=O) groups is 1. The maximum atomic E-state index is 11.7. The average Bonchev–Trinajstić information content (AvgIpc) is 2.53. The Hall–Kier alpha value is -2.75. The molecule has 0 radical (unpaired) electrons. The van der Waals surface area contributed by atoms with Crippen LogP contribution in [0.4, 0.5) is 0 Å². The van der Waals surface area contributed by atoms with Crippen LogP contribution in [-0.4, -0.2) is 15.9 Å². The molecule has 4 heteroatoms. The van der Waals surface area contributed by atoms with Crippen molar-refractivity contribution in [2.75, 3.05) is 0 Å². The van der Waals surface area contributed by atoms with Crippen molar-refractivity contribution in [3.63, 3.8) is 0 Å². The molecule has 0 bridgehead atoms. The first-order valence-corrected chi connectivity index (χ1v) is 7.64. The Morgan fingerprint density at radius 1 is 1.13 bits per heavy atom. The van der Waals surface area contributed by atoms with Crippen molar-refractivity contribution in [1.29, 1.82) is 0 Å². The standard InChI is InChI=1S/C19H19N3O/c1-11(2)16-6-4-13-10-14(5-7-17(13)22-16)18-12(3)21-9-8-15(18)19(20)23/h4-11H,1-3H3,(H2,20,23). The summed E-state index contributed by atoms with van der Waals surface area (Å²) in [5.74, 6) is -0.0556. The quantitative estimate of drug-likeness (QED) is 0.799. The van der Waals surface area contributed by atoms with Crippen LogP contribution in [0.1, 0.15) is 41.5 Å². The minimum absolute atomic E-state index is 0.390. The Kier molecular flexibility index (Phi) is 3.82. The van der Waals surface area contributed by atoms with Crippen molar-refractivity contribution in [1.82, 2.24) is 9.97 Å². The van der Waals surface area contributed by atoms with Gasteiger partial charge in [0.2, 0.25) is 5.91 Å². The van der Waals surface area contributed by atoms with E-state index in [9.17, 15) is 4.79 Å². The number of benzene rings is 1. The lowest BCUT2D eigenvalue weighted by Crippen LogP contribution is -2.13. The van der Waals surface area contributed by atoms with Crippen LogP contribution in [-0.2, 0) is 0 Å². The highest BCUT2D eigenvalue weighted by molar-refractivity contribution is 6.01. The number of nitrogens with two attached hydrogens (primary N) is 1. The summed E-state index contributed by atoms with van der Waals surface area (Å²) in [6.45, 7) is 6.13. The molecule has 0 fully saturated rings. The second-order valence-electron chi connectivity index (χ2n) is 5.98. The molecular weight excluding hydrogens is 286 g/mol. The molecule has 3 rings (SSSR count). The monoisotopic (exact) mass is 305 g/mol. The van der Waals surface area contributed by atoms with Gasteiger partial charge in [-0.05, 0) is 42.7 Å². The Morgan fingerprint density at radius 2 is 1.91 bits per heavy atom. The average molecular weight is 305 g/mol. The third-order valence-corrected chi connectivity index (χ3v) is 4.00. The fourth-order valence-electron chi connectivity index (χ4n) is 2.75. The fraction of sp³-hybridized carbons (Fsp3) is 0.211. The summed E-state index contributed by atoms with van der Waals surface area (Å²) in [5, 5.41) is 1.03. The summed E-state index contributed by atoms with van der Waals surface area (Å²) in [6.07, 6.45) is 1.61. The predicted octanol–water partition coefficient (Wildman–Crippen LogP) is 3.83. The number of fused-ring (bicyclic) bond motifs is 1. The van der Waals surface area contributed by atoms with Gasteiger partial charge in [0.25, 0.3) is 0 Å². The highest BCUT2D eigenvalue weighted by Gasteiger charge is 2.14. The summed E-state index contributed by atoms with van der Waals surface area (Å²) in [7, 11) is 0. The molecule has 0 saturated carbocycles. The summed E-state index contributed by atoms with van der Waals surface area (Å²) in [5.41, 5.74) is 10.5. The molecule has 3 aromatic rings. The van der Waals surface area contributed by atoms with E-state index in [1.807, 2.05) is 31.2 Å². The van der Waals surface area contributed by atoms with Gasteiger partial charge >= 0.3 is 0 Å². The molecule has 0 aliphatic rings. The van der Waals surface area contributed by atoms with Crippen LogP contribution in [0.15, 0.2) is 42.6 Å². The van der Waals surface area contributed by atoms with Gasteiger partial charge in [-0.1, -0.05) is 26.0 Å². The molecule has 23 heavy (non-hydrogen) atoms. The Bertz CT molecular complexity index is 900. The van der Waals surface area contributed by atoms with E-state index in [2.05, 4.69) is 29.9 Å². The van der Waals surface area contributed by atoms with Crippen LogP contribution < -0.4 is 5.73 Å². The van der Waals surface area contributed by atoms with Crippen LogP contribution in [0.3, 0.4) is 0 Å². The molecule has 0 unspecified atom stereocenters. The number of aryl methyl sites for hydroxylation is 1. The lowest BCUT2D eigenvalue weighted by Gasteiger charge is -2.11. The number of hydrogen-bond donors (Lipinski definition) is 1. The maximum absolute atomic E-state index is 11.7. The van der Waals surface area contributed by atoms with Crippen molar-refractivity contribution < 1.29 is 4.79 Å². The molecule has 1 aromatic carbocycles. The number of rotatable bonds is 3. The molecule has 2 heterocycles. The van der Waals surface area contributed by atoms with Crippen LogP contribution >= 0.6 is 0 Å². The van der Waals surface area contributed by atoms with Crippen molar-refractivity contribution >= 4 is 16.8 Å². The molecule has 0 aliphatic carbocycles. The molecule has 0 atom stereocenters. The summed E-state index contributed by atoms with van der Waals surface area (Å²) < 4.78 is 0. The van der Waals surface area contributed by atoms with E-state index < -0.39 is 5.91 Å². The van der Waals surface area contributed by atoms with Crippen LogP contribution in [0.5, 0.6) is 0 Å². The number of hydrogen-bond acceptors (Lipinski definition) is 3. The topological polar surface area (TPSA) is 68.9 Å². The van der Waals surface area contributed by atoms with E-state index in [1.165, 1.54) is 0 Å². The SMILES string of the molecule is Cc1nccc(C(N)=O)c1-c1ccc2nc(C(C)C)ccc2c1. The number of aromatic nitrogens is 2. The minimum atomic E-state index is -0.445. The summed E-state index contributed by atoms with van der Waals surface area (Å²) in [6, 6.07) is 11.8. The van der Waals surface area contributed by atoms with Crippen molar-refractivity contribution in [3.05, 3.63) is 59.5 Å². The highest BCUT2D eigenvalue weighted by Crippen LogP contribution is 2.29. The van der Waals surface area contributed by atoms with Crippen molar-refractivity contribution in [2.24, 2.45) is 5.73 Å². The van der Waals surface area contributed by atoms with E-state index in [4.69, 9.17) is 5.73 Å². The van der Waals surface area contributed by atoms with Crippen LogP contribution in [0, 0.1) is 6.92 Å². The van der Waals surface area contributed by atoms with Gasteiger partial charge in [0, 0.05) is 28.5 Å². The van der Waals surface area contributed by atoms with Gasteiger partial charge in [-0.25, -0.2) is 0 Å². The van der Waals surface area contributed by atoms with Gasteiger partial charge in [-0.15, -0.1) is 0 Å². The summed E-state index contributed by atoms with van der Waals surface area (Å²) >= 11 is 0. The van der Waals surface area contributed by atoms with Crippen molar-refractivity contribution in [3.8, 4) is 11.1 Å². The van der Waals surface area contributed by atoms with E-state index in [1.54, 1.807) is 12.3 Å². The fourth-order valence-corrected chi connectivity index (χ4v) is 2.75. The third-order valence-electron chi connectivity index (χ3n) is 4.00. The molecule has 116 valence electrons. The van der Waals surface area contributed by atoms with Gasteiger partial charge in [0.05, 0.1) is 11.1 Å². The van der Waals surface area contributed by atoms with Crippen LogP contribution in [0.2, 0.25) is 0 Å². The number of pyridine rings is 2. The lowest BCUT2D eigenvalue weighted by molar-refractivity contribution is 0.100. The van der Waals surface area contributed by atoms with Gasteiger partial charge < -0.3 is 5.73 Å². The predicted molar refractivity (Wildman–Crippen MR) is 92.3 cm³/mol. The minimum Gasteiger partial charge on any atom is -0.366 e. The van der Waals surface area contributed by atoms with E-state index in [-0.39, 0.29) is 0 Å². The zero-order chi connectivity index (χ0) is 16.6. The van der Waals surface area contributed by atoms with Gasteiger partial charge in [0.15, 0.2) is 0 Å². The van der Waals surface area contributed by atoms with Crippen LogP contribution in [0.25, 0.3) is 22.0 Å². The van der Waals surface area contributed by atoms with E-state index in [0.717, 1.165) is 33.4 Å². The van der Waals surface area contributed by atoms with Gasteiger partial charge in [-0.3, -0.25) is 14.8 Å². The first-order valence-electron chi connectivity index (χ1n) is 7.64. The number of nitrogens with zero attached hydrogens (tertiary/aromatic N) is 2. The smallest absolute Gasteiger partial charge is 0.249 e. The Balaban J connectivity index is 2.19. The normalized spacial score (nSPS) is 11.1. The molecular formula is C19H19N3O. The zero-order valence-corrected chi connectivity index (χ0v) is 13.5. The van der Waals surface area contributed by atoms with Gasteiger partial charge in [0.1, 0.15) is 0 Å². The Labute approximate surface area is 135 Å². The van der Waals surface area contributed by atoms with Gasteiger partial charge in [-0.2, -0.15) is 0 Å². The first-order chi connectivity index (χ1) is 11.0. The molecule has 0 aliphatic heterocycles. The molecule has 0 spiro atoms. The largest absolute Gasteiger partial charge is 0.366 e. The molecule has 4 nitrogen and oxygen atoms in total. The summed E-state index contributed by atoms with van der Waals surface area (Å²) in [4.78, 5) is 20.7. The lowest BCUT2D eigenvalue weighted by atomic mass is 9.96. The number of amides is 1. The second-order valence-corrected chi connectivity index (χ2v) is 5.98. The van der Waals surface area contributed by atoms with E-state index >= 15 is 0 Å². The molecule has 1 amide bonds. The van der Waals surface area contributed by atoms with Crippen molar-refractivity contribution in [2.45, 2.75) is 26.7 Å². The maximum Gasteiger partial charge on any atom is 0.249 e.